The van der Waals surface area contributed by atoms with Crippen LogP contribution in [0, 0.1) is 0 Å². The SMILES string of the molecule is COC1CCCCC1Nc1cccnc1Br. The first-order valence-corrected chi connectivity index (χ1v) is 6.50. The summed E-state index contributed by atoms with van der Waals surface area (Å²) in [5.41, 5.74) is 1.05. The van der Waals surface area contributed by atoms with E-state index in [1.165, 1.54) is 19.3 Å². The first kappa shape index (κ1) is 11.9. The Labute approximate surface area is 105 Å². The van der Waals surface area contributed by atoms with Crippen molar-refractivity contribution in [1.29, 1.82) is 0 Å². The molecular weight excluding hydrogens is 268 g/mol. The van der Waals surface area contributed by atoms with Crippen molar-refractivity contribution >= 4 is 21.6 Å². The molecule has 2 rings (SSSR count). The molecule has 2 unspecified atom stereocenters. The van der Waals surface area contributed by atoms with Gasteiger partial charge in [0.2, 0.25) is 0 Å². The summed E-state index contributed by atoms with van der Waals surface area (Å²) in [7, 11) is 1.79. The summed E-state index contributed by atoms with van der Waals surface area (Å²) in [4.78, 5) is 4.21. The van der Waals surface area contributed by atoms with Gasteiger partial charge in [-0.15, -0.1) is 0 Å². The van der Waals surface area contributed by atoms with Crippen LogP contribution >= 0.6 is 15.9 Å². The lowest BCUT2D eigenvalue weighted by atomic mass is 9.92. The minimum atomic E-state index is 0.320. The second-order valence-corrected chi connectivity index (χ2v) is 4.90. The molecule has 1 aromatic heterocycles. The zero-order chi connectivity index (χ0) is 11.4. The molecule has 1 aliphatic carbocycles. The molecule has 0 amide bonds. The largest absolute Gasteiger partial charge is 0.379 e. The summed E-state index contributed by atoms with van der Waals surface area (Å²) in [5.74, 6) is 0. The van der Waals surface area contributed by atoms with E-state index in [0.29, 0.717) is 12.1 Å². The molecule has 0 bridgehead atoms. The molecule has 0 spiro atoms. The maximum Gasteiger partial charge on any atom is 0.129 e. The molecule has 16 heavy (non-hydrogen) atoms. The predicted molar refractivity (Wildman–Crippen MR) is 68.6 cm³/mol. The highest BCUT2D eigenvalue weighted by Gasteiger charge is 2.25. The summed E-state index contributed by atoms with van der Waals surface area (Å²) >= 11 is 3.45. The number of anilines is 1. The lowest BCUT2D eigenvalue weighted by Gasteiger charge is -2.31. The molecule has 1 saturated carbocycles. The molecule has 0 radical (unpaired) electrons. The fourth-order valence-electron chi connectivity index (χ4n) is 2.24. The van der Waals surface area contributed by atoms with Crippen LogP contribution in [0.2, 0.25) is 0 Å². The van der Waals surface area contributed by atoms with Gasteiger partial charge < -0.3 is 10.1 Å². The fraction of sp³-hybridized carbons (Fsp3) is 0.583. The average Bonchev–Trinajstić information content (AvgIpc) is 2.33. The number of rotatable bonds is 3. The third-order valence-corrected chi connectivity index (χ3v) is 3.74. The molecule has 1 fully saturated rings. The molecule has 2 atom stereocenters. The molecule has 0 saturated heterocycles. The topological polar surface area (TPSA) is 34.1 Å². The Morgan fingerprint density at radius 3 is 3.00 bits per heavy atom. The zero-order valence-electron chi connectivity index (χ0n) is 9.45. The van der Waals surface area contributed by atoms with Crippen LogP contribution in [-0.4, -0.2) is 24.2 Å². The number of nitrogens with one attached hydrogen (secondary N) is 1. The summed E-state index contributed by atoms with van der Waals surface area (Å²) in [6, 6.07) is 4.38. The average molecular weight is 285 g/mol. The number of aromatic nitrogens is 1. The minimum absolute atomic E-state index is 0.320. The molecule has 1 heterocycles. The van der Waals surface area contributed by atoms with Crippen molar-refractivity contribution in [1.82, 2.24) is 4.98 Å². The van der Waals surface area contributed by atoms with Crippen LogP contribution in [0.1, 0.15) is 25.7 Å². The number of methoxy groups -OCH3 is 1. The van der Waals surface area contributed by atoms with Crippen LogP contribution < -0.4 is 5.32 Å². The minimum Gasteiger partial charge on any atom is -0.379 e. The lowest BCUT2D eigenvalue weighted by molar-refractivity contribution is 0.0606. The number of hydrogen-bond acceptors (Lipinski definition) is 3. The van der Waals surface area contributed by atoms with E-state index in [0.717, 1.165) is 16.7 Å². The maximum absolute atomic E-state index is 5.52. The number of halogens is 1. The van der Waals surface area contributed by atoms with Crippen LogP contribution in [0.3, 0.4) is 0 Å². The van der Waals surface area contributed by atoms with Gasteiger partial charge >= 0.3 is 0 Å². The summed E-state index contributed by atoms with van der Waals surface area (Å²) in [6.07, 6.45) is 6.96. The van der Waals surface area contributed by atoms with Gasteiger partial charge in [0.05, 0.1) is 17.8 Å². The normalized spacial score (nSPS) is 25.4. The van der Waals surface area contributed by atoms with Gasteiger partial charge in [-0.25, -0.2) is 4.98 Å². The fourth-order valence-corrected chi connectivity index (χ4v) is 2.60. The molecule has 1 aromatic rings. The standard InChI is InChI=1S/C12H17BrN2O/c1-16-11-7-3-2-5-9(11)15-10-6-4-8-14-12(10)13/h4,6,8-9,11,15H,2-3,5,7H2,1H3. The van der Waals surface area contributed by atoms with Gasteiger partial charge in [0.15, 0.2) is 0 Å². The Bertz CT molecular complexity index is 346. The summed E-state index contributed by atoms with van der Waals surface area (Å²) < 4.78 is 6.39. The number of hydrogen-bond donors (Lipinski definition) is 1. The van der Waals surface area contributed by atoms with Gasteiger partial charge in [0.25, 0.3) is 0 Å². The van der Waals surface area contributed by atoms with E-state index in [-0.39, 0.29) is 0 Å². The second-order valence-electron chi connectivity index (χ2n) is 4.15. The summed E-state index contributed by atoms with van der Waals surface area (Å²) in [6.45, 7) is 0. The molecular formula is C12H17BrN2O. The molecule has 1 aliphatic rings. The van der Waals surface area contributed by atoms with Crippen molar-refractivity contribution in [3.05, 3.63) is 22.9 Å². The Hall–Kier alpha value is -0.610. The quantitative estimate of drug-likeness (QED) is 0.866. The number of ether oxygens (including phenoxy) is 1. The van der Waals surface area contributed by atoms with E-state index in [1.54, 1.807) is 13.3 Å². The van der Waals surface area contributed by atoms with Crippen molar-refractivity contribution in [2.24, 2.45) is 0 Å². The zero-order valence-corrected chi connectivity index (χ0v) is 11.0. The Balaban J connectivity index is 2.05. The molecule has 0 aromatic carbocycles. The Morgan fingerprint density at radius 1 is 1.44 bits per heavy atom. The van der Waals surface area contributed by atoms with Crippen molar-refractivity contribution in [2.75, 3.05) is 12.4 Å². The molecule has 88 valence electrons. The lowest BCUT2D eigenvalue weighted by Crippen LogP contribution is -2.37. The van der Waals surface area contributed by atoms with Crippen molar-refractivity contribution in [3.8, 4) is 0 Å². The van der Waals surface area contributed by atoms with E-state index in [2.05, 4.69) is 26.2 Å². The predicted octanol–water partition coefficient (Wildman–Crippen LogP) is 3.21. The molecule has 1 N–H and O–H groups in total. The third kappa shape index (κ3) is 2.74. The van der Waals surface area contributed by atoms with Crippen molar-refractivity contribution < 1.29 is 4.74 Å². The summed E-state index contributed by atoms with van der Waals surface area (Å²) in [5, 5.41) is 3.52. The Kier molecular flexibility index (Phi) is 4.18. The number of pyridine rings is 1. The van der Waals surface area contributed by atoms with Crippen LogP contribution in [0.5, 0.6) is 0 Å². The van der Waals surface area contributed by atoms with Gasteiger partial charge in [-0.3, -0.25) is 0 Å². The molecule has 4 heteroatoms. The van der Waals surface area contributed by atoms with Gasteiger partial charge in [-0.1, -0.05) is 12.8 Å². The number of nitrogens with zero attached hydrogens (tertiary/aromatic N) is 1. The van der Waals surface area contributed by atoms with Gasteiger partial charge in [0, 0.05) is 13.3 Å². The van der Waals surface area contributed by atoms with E-state index in [9.17, 15) is 0 Å². The second kappa shape index (κ2) is 5.64. The monoisotopic (exact) mass is 284 g/mol. The highest BCUT2D eigenvalue weighted by molar-refractivity contribution is 9.10. The third-order valence-electron chi connectivity index (χ3n) is 3.11. The van der Waals surface area contributed by atoms with Gasteiger partial charge in [-0.05, 0) is 40.9 Å². The van der Waals surface area contributed by atoms with Crippen LogP contribution in [0.4, 0.5) is 5.69 Å². The van der Waals surface area contributed by atoms with Gasteiger partial charge in [0.1, 0.15) is 4.60 Å². The highest BCUT2D eigenvalue weighted by Crippen LogP contribution is 2.26. The van der Waals surface area contributed by atoms with E-state index >= 15 is 0 Å². The smallest absolute Gasteiger partial charge is 0.129 e. The van der Waals surface area contributed by atoms with Crippen LogP contribution in [0.15, 0.2) is 22.9 Å². The van der Waals surface area contributed by atoms with Crippen LogP contribution in [0.25, 0.3) is 0 Å². The molecule has 3 nitrogen and oxygen atoms in total. The Morgan fingerprint density at radius 2 is 2.25 bits per heavy atom. The van der Waals surface area contributed by atoms with Crippen molar-refractivity contribution in [3.63, 3.8) is 0 Å². The first-order valence-electron chi connectivity index (χ1n) is 5.71. The first-order chi connectivity index (χ1) is 7.81. The van der Waals surface area contributed by atoms with E-state index < -0.39 is 0 Å². The van der Waals surface area contributed by atoms with Crippen LogP contribution in [-0.2, 0) is 4.74 Å². The van der Waals surface area contributed by atoms with Crippen molar-refractivity contribution in [2.45, 2.75) is 37.8 Å². The van der Waals surface area contributed by atoms with Gasteiger partial charge in [-0.2, -0.15) is 0 Å². The molecule has 0 aliphatic heterocycles. The van der Waals surface area contributed by atoms with E-state index in [1.807, 2.05) is 12.1 Å². The maximum atomic E-state index is 5.52. The highest BCUT2D eigenvalue weighted by atomic mass is 79.9. The van der Waals surface area contributed by atoms with E-state index in [4.69, 9.17) is 4.74 Å².